The Bertz CT molecular complexity index is 787. The molecule has 1 aliphatic rings. The van der Waals surface area contributed by atoms with Gasteiger partial charge in [0, 0.05) is 43.6 Å². The topological polar surface area (TPSA) is 58.6 Å². The minimum atomic E-state index is -0.0347. The number of hydrogen-bond acceptors (Lipinski definition) is 5. The number of aryl methyl sites for hydroxylation is 1. The zero-order valence-corrected chi connectivity index (χ0v) is 16.6. The van der Waals surface area contributed by atoms with Crippen molar-refractivity contribution in [2.45, 2.75) is 33.1 Å². The molecule has 0 saturated heterocycles. The van der Waals surface area contributed by atoms with Crippen molar-refractivity contribution in [1.29, 1.82) is 0 Å². The Kier molecular flexibility index (Phi) is 5.94. The molecule has 0 bridgehead atoms. The van der Waals surface area contributed by atoms with Crippen molar-refractivity contribution in [2.24, 2.45) is 5.92 Å². The second kappa shape index (κ2) is 8.37. The van der Waals surface area contributed by atoms with Crippen LogP contribution < -0.4 is 14.5 Å². The van der Waals surface area contributed by atoms with Gasteiger partial charge in [0.25, 0.3) is 0 Å². The van der Waals surface area contributed by atoms with Crippen LogP contribution in [0, 0.1) is 5.92 Å². The molecule has 144 valence electrons. The molecule has 0 saturated carbocycles. The number of amides is 1. The normalized spacial score (nSPS) is 15.8. The van der Waals surface area contributed by atoms with Crippen LogP contribution in [0.5, 0.6) is 5.75 Å². The molecule has 0 fully saturated rings. The fraction of sp³-hybridized carbons (Fsp3) is 0.476. The average Bonchev–Trinajstić information content (AvgIpc) is 2.73. The Morgan fingerprint density at radius 3 is 2.56 bits per heavy atom. The predicted molar refractivity (Wildman–Crippen MR) is 108 cm³/mol. The van der Waals surface area contributed by atoms with E-state index < -0.39 is 0 Å². The van der Waals surface area contributed by atoms with Gasteiger partial charge in [-0.15, -0.1) is 0 Å². The lowest BCUT2D eigenvalue weighted by Crippen LogP contribution is -2.36. The van der Waals surface area contributed by atoms with Gasteiger partial charge < -0.3 is 14.5 Å². The molecule has 1 heterocycles. The SMILES string of the molecule is CCN(CC)c1ncc2c(n1)CCC(C(=O)N(C)c1ccc(OC)cc1)C2. The minimum absolute atomic E-state index is 0.0347. The van der Waals surface area contributed by atoms with E-state index in [-0.39, 0.29) is 11.8 Å². The van der Waals surface area contributed by atoms with E-state index in [0.29, 0.717) is 6.42 Å². The van der Waals surface area contributed by atoms with E-state index in [4.69, 9.17) is 9.72 Å². The maximum absolute atomic E-state index is 13.0. The molecular formula is C21H28N4O2. The number of aromatic nitrogens is 2. The number of hydrogen-bond donors (Lipinski definition) is 0. The van der Waals surface area contributed by atoms with Gasteiger partial charge in [-0.3, -0.25) is 4.79 Å². The molecule has 1 aromatic heterocycles. The lowest BCUT2D eigenvalue weighted by Gasteiger charge is -2.28. The smallest absolute Gasteiger partial charge is 0.230 e. The standard InChI is InChI=1S/C21H28N4O2/c1-5-25(6-2)21-22-14-16-13-15(7-12-19(16)23-21)20(26)24(3)17-8-10-18(27-4)11-9-17/h8-11,14-15H,5-7,12-13H2,1-4H3. The number of fused-ring (bicyclic) bond motifs is 1. The number of nitrogens with zero attached hydrogens (tertiary/aromatic N) is 4. The fourth-order valence-electron chi connectivity index (χ4n) is 3.57. The zero-order chi connectivity index (χ0) is 19.4. The third-order valence-corrected chi connectivity index (χ3v) is 5.32. The predicted octanol–water partition coefficient (Wildman–Crippen LogP) is 3.10. The lowest BCUT2D eigenvalue weighted by molar-refractivity contribution is -0.122. The maximum atomic E-state index is 13.0. The number of carbonyl (C=O) groups excluding carboxylic acids is 1. The number of ether oxygens (including phenoxy) is 1. The van der Waals surface area contributed by atoms with E-state index in [0.717, 1.165) is 54.6 Å². The van der Waals surface area contributed by atoms with Crippen molar-refractivity contribution in [1.82, 2.24) is 9.97 Å². The highest BCUT2D eigenvalue weighted by molar-refractivity contribution is 5.94. The Morgan fingerprint density at radius 1 is 1.22 bits per heavy atom. The molecule has 6 nitrogen and oxygen atoms in total. The van der Waals surface area contributed by atoms with E-state index in [1.165, 1.54) is 0 Å². The molecule has 1 amide bonds. The molecule has 3 rings (SSSR count). The first kappa shape index (κ1) is 19.1. The molecule has 1 aromatic carbocycles. The monoisotopic (exact) mass is 368 g/mol. The highest BCUT2D eigenvalue weighted by Crippen LogP contribution is 2.28. The van der Waals surface area contributed by atoms with Crippen LogP contribution in [0.4, 0.5) is 11.6 Å². The molecule has 0 radical (unpaired) electrons. The minimum Gasteiger partial charge on any atom is -0.497 e. The van der Waals surface area contributed by atoms with E-state index in [9.17, 15) is 4.79 Å². The third kappa shape index (κ3) is 4.04. The number of rotatable bonds is 6. The van der Waals surface area contributed by atoms with Gasteiger partial charge in [0.1, 0.15) is 5.75 Å². The molecule has 0 spiro atoms. The Labute approximate surface area is 161 Å². The summed E-state index contributed by atoms with van der Waals surface area (Å²) in [6.45, 7) is 6.00. The first-order valence-electron chi connectivity index (χ1n) is 9.58. The van der Waals surface area contributed by atoms with E-state index >= 15 is 0 Å². The van der Waals surface area contributed by atoms with Crippen LogP contribution in [-0.2, 0) is 17.6 Å². The van der Waals surface area contributed by atoms with Gasteiger partial charge in [0.05, 0.1) is 7.11 Å². The van der Waals surface area contributed by atoms with Crippen LogP contribution in [0.1, 0.15) is 31.5 Å². The van der Waals surface area contributed by atoms with Gasteiger partial charge in [0.15, 0.2) is 0 Å². The van der Waals surface area contributed by atoms with Crippen LogP contribution in [0.25, 0.3) is 0 Å². The summed E-state index contributed by atoms with van der Waals surface area (Å²) in [4.78, 5) is 26.1. The third-order valence-electron chi connectivity index (χ3n) is 5.32. The molecule has 1 unspecified atom stereocenters. The summed E-state index contributed by atoms with van der Waals surface area (Å²) in [5.41, 5.74) is 3.06. The first-order chi connectivity index (χ1) is 13.1. The van der Waals surface area contributed by atoms with Crippen molar-refractivity contribution >= 4 is 17.5 Å². The number of anilines is 2. The van der Waals surface area contributed by atoms with Gasteiger partial charge >= 0.3 is 0 Å². The zero-order valence-electron chi connectivity index (χ0n) is 16.6. The highest BCUT2D eigenvalue weighted by Gasteiger charge is 2.29. The summed E-state index contributed by atoms with van der Waals surface area (Å²) in [6.07, 6.45) is 4.25. The second-order valence-electron chi connectivity index (χ2n) is 6.85. The quantitative estimate of drug-likeness (QED) is 0.784. The molecule has 6 heteroatoms. The van der Waals surface area contributed by atoms with Crippen LogP contribution in [0.3, 0.4) is 0 Å². The van der Waals surface area contributed by atoms with E-state index in [2.05, 4.69) is 23.7 Å². The first-order valence-corrected chi connectivity index (χ1v) is 9.58. The molecule has 27 heavy (non-hydrogen) atoms. The molecule has 0 N–H and O–H groups in total. The van der Waals surface area contributed by atoms with E-state index in [1.807, 2.05) is 37.5 Å². The summed E-state index contributed by atoms with van der Waals surface area (Å²) in [5.74, 6) is 1.68. The van der Waals surface area contributed by atoms with Gasteiger partial charge in [0.2, 0.25) is 11.9 Å². The van der Waals surface area contributed by atoms with Crippen molar-refractivity contribution in [3.05, 3.63) is 41.7 Å². The van der Waals surface area contributed by atoms with Crippen molar-refractivity contribution < 1.29 is 9.53 Å². The van der Waals surface area contributed by atoms with E-state index in [1.54, 1.807) is 12.0 Å². The highest BCUT2D eigenvalue weighted by atomic mass is 16.5. The van der Waals surface area contributed by atoms with Crippen LogP contribution in [0.2, 0.25) is 0 Å². The van der Waals surface area contributed by atoms with Crippen molar-refractivity contribution in [3.8, 4) is 5.75 Å². The Balaban J connectivity index is 1.72. The Hall–Kier alpha value is -2.63. The van der Waals surface area contributed by atoms with Crippen LogP contribution in [0.15, 0.2) is 30.5 Å². The Morgan fingerprint density at radius 2 is 1.93 bits per heavy atom. The molecular weight excluding hydrogens is 340 g/mol. The van der Waals surface area contributed by atoms with Gasteiger partial charge in [-0.1, -0.05) is 0 Å². The second-order valence-corrected chi connectivity index (χ2v) is 6.85. The summed E-state index contributed by atoms with van der Waals surface area (Å²) >= 11 is 0. The van der Waals surface area contributed by atoms with Crippen LogP contribution >= 0.6 is 0 Å². The number of carbonyl (C=O) groups is 1. The van der Waals surface area contributed by atoms with Gasteiger partial charge in [-0.25, -0.2) is 9.97 Å². The van der Waals surface area contributed by atoms with Gasteiger partial charge in [-0.05, 0) is 62.9 Å². The fourth-order valence-corrected chi connectivity index (χ4v) is 3.57. The largest absolute Gasteiger partial charge is 0.497 e. The summed E-state index contributed by atoms with van der Waals surface area (Å²) < 4.78 is 5.19. The summed E-state index contributed by atoms with van der Waals surface area (Å²) in [5, 5.41) is 0. The molecule has 2 aromatic rings. The molecule has 0 aliphatic heterocycles. The lowest BCUT2D eigenvalue weighted by atomic mass is 9.86. The average molecular weight is 368 g/mol. The number of benzene rings is 1. The van der Waals surface area contributed by atoms with Gasteiger partial charge in [-0.2, -0.15) is 0 Å². The van der Waals surface area contributed by atoms with Crippen LogP contribution in [-0.4, -0.2) is 43.1 Å². The number of methoxy groups -OCH3 is 1. The molecule has 1 atom stereocenters. The van der Waals surface area contributed by atoms with Crippen molar-refractivity contribution in [2.75, 3.05) is 37.0 Å². The summed E-state index contributed by atoms with van der Waals surface area (Å²) in [6, 6.07) is 7.57. The molecule has 1 aliphatic carbocycles. The maximum Gasteiger partial charge on any atom is 0.230 e. The van der Waals surface area contributed by atoms with Crippen molar-refractivity contribution in [3.63, 3.8) is 0 Å². The summed E-state index contributed by atoms with van der Waals surface area (Å²) in [7, 11) is 3.47.